The number of nitrogens with zero attached hydrogens (tertiary/aromatic N) is 2. The van der Waals surface area contributed by atoms with E-state index >= 15 is 0 Å². The lowest BCUT2D eigenvalue weighted by atomic mass is 10.1. The molecule has 7 nitrogen and oxygen atoms in total. The zero-order valence-electron chi connectivity index (χ0n) is 16.5. The molecule has 1 saturated heterocycles. The van der Waals surface area contributed by atoms with Crippen molar-refractivity contribution in [3.05, 3.63) is 59.1 Å². The fraction of sp³-hybridized carbons (Fsp3) is 0.238. The van der Waals surface area contributed by atoms with Crippen LogP contribution in [0, 0.1) is 0 Å². The molecule has 1 unspecified atom stereocenters. The van der Waals surface area contributed by atoms with Gasteiger partial charge in [-0.2, -0.15) is 0 Å². The van der Waals surface area contributed by atoms with Crippen LogP contribution in [-0.4, -0.2) is 45.7 Å². The van der Waals surface area contributed by atoms with Gasteiger partial charge < -0.3 is 15.5 Å². The maximum Gasteiger partial charge on any atom is 0.251 e. The van der Waals surface area contributed by atoms with Crippen LogP contribution in [0.4, 0.5) is 11.4 Å². The second-order valence-corrected chi connectivity index (χ2v) is 7.76. The van der Waals surface area contributed by atoms with Gasteiger partial charge in [-0.15, -0.1) is 0 Å². The summed E-state index contributed by atoms with van der Waals surface area (Å²) in [5.41, 5.74) is 2.14. The molecule has 30 heavy (non-hydrogen) atoms. The number of nitrogens with one attached hydrogen (secondary N) is 2. The molecular weight excluding hydrogens is 424 g/mol. The summed E-state index contributed by atoms with van der Waals surface area (Å²) in [7, 11) is 1.61. The Hall–Kier alpha value is -2.97. The summed E-state index contributed by atoms with van der Waals surface area (Å²) in [5, 5.41) is 6.45. The highest BCUT2D eigenvalue weighted by Gasteiger charge is 2.41. The second-order valence-electron chi connectivity index (χ2n) is 6.96. The van der Waals surface area contributed by atoms with Crippen molar-refractivity contribution in [3.63, 3.8) is 0 Å². The van der Waals surface area contributed by atoms with Crippen LogP contribution >= 0.6 is 23.8 Å². The minimum absolute atomic E-state index is 0.0374. The van der Waals surface area contributed by atoms with Gasteiger partial charge in [0.2, 0.25) is 11.8 Å². The third kappa shape index (κ3) is 5.14. The number of halogens is 1. The molecule has 0 radical (unpaired) electrons. The Kier molecular flexibility index (Phi) is 6.69. The van der Waals surface area contributed by atoms with Crippen molar-refractivity contribution in [1.29, 1.82) is 0 Å². The number of hydrogen-bond acceptors (Lipinski definition) is 4. The van der Waals surface area contributed by atoms with Gasteiger partial charge in [0.25, 0.3) is 5.91 Å². The van der Waals surface area contributed by atoms with Gasteiger partial charge in [0, 0.05) is 36.9 Å². The molecule has 156 valence electrons. The highest BCUT2D eigenvalue weighted by Crippen LogP contribution is 2.23. The first-order chi connectivity index (χ1) is 14.2. The summed E-state index contributed by atoms with van der Waals surface area (Å²) in [6, 6.07) is 13.3. The maximum absolute atomic E-state index is 12.7. The average Bonchev–Trinajstić information content (AvgIpc) is 2.89. The lowest BCUT2D eigenvalue weighted by Gasteiger charge is -2.23. The standard InChI is InChI=1S/C21H21ClN4O3S/c1-13(27)23-16-7-9-17(10-8-16)24-19(28)11-18-20(29)25(2)21(30)26(18)12-14-3-5-15(22)6-4-14/h3-10,18H,11-12H2,1-2H3,(H,23,27)(H,24,28). The maximum atomic E-state index is 12.7. The van der Waals surface area contributed by atoms with Gasteiger partial charge in [-0.05, 0) is 54.2 Å². The molecule has 1 heterocycles. The van der Waals surface area contributed by atoms with Gasteiger partial charge in [0.15, 0.2) is 5.11 Å². The number of carbonyl (C=O) groups is 3. The third-order valence-electron chi connectivity index (χ3n) is 4.66. The third-order valence-corrected chi connectivity index (χ3v) is 5.42. The molecule has 2 N–H and O–H groups in total. The molecule has 0 aromatic heterocycles. The first-order valence-corrected chi connectivity index (χ1v) is 10.0. The number of thiocarbonyl (C=S) groups is 1. The van der Waals surface area contributed by atoms with Crippen LogP contribution in [0.1, 0.15) is 18.9 Å². The number of hydrogen-bond donors (Lipinski definition) is 2. The smallest absolute Gasteiger partial charge is 0.251 e. The number of likely N-dealkylation sites (N-methyl/N-ethyl adjacent to an activating group) is 1. The number of anilines is 2. The molecule has 3 amide bonds. The van der Waals surface area contributed by atoms with Crippen molar-refractivity contribution in [1.82, 2.24) is 9.80 Å². The van der Waals surface area contributed by atoms with E-state index in [0.29, 0.717) is 28.1 Å². The molecule has 1 atom stereocenters. The van der Waals surface area contributed by atoms with Crippen LogP contribution in [0.2, 0.25) is 5.02 Å². The van der Waals surface area contributed by atoms with Crippen LogP contribution in [0.25, 0.3) is 0 Å². The molecule has 0 aliphatic carbocycles. The molecule has 1 aliphatic heterocycles. The molecule has 2 aromatic carbocycles. The monoisotopic (exact) mass is 444 g/mol. The first kappa shape index (κ1) is 21.7. The predicted molar refractivity (Wildman–Crippen MR) is 120 cm³/mol. The molecule has 3 rings (SSSR count). The minimum Gasteiger partial charge on any atom is -0.332 e. The van der Waals surface area contributed by atoms with Gasteiger partial charge in [0.1, 0.15) is 6.04 Å². The topological polar surface area (TPSA) is 81.8 Å². The van der Waals surface area contributed by atoms with E-state index in [0.717, 1.165) is 5.56 Å². The first-order valence-electron chi connectivity index (χ1n) is 9.24. The summed E-state index contributed by atoms with van der Waals surface area (Å²) in [6.45, 7) is 1.82. The molecule has 9 heteroatoms. The summed E-state index contributed by atoms with van der Waals surface area (Å²) in [6.07, 6.45) is -0.0374. The van der Waals surface area contributed by atoms with Gasteiger partial charge in [-0.1, -0.05) is 23.7 Å². The van der Waals surface area contributed by atoms with Gasteiger partial charge >= 0.3 is 0 Å². The van der Waals surface area contributed by atoms with Crippen molar-refractivity contribution in [3.8, 4) is 0 Å². The van der Waals surface area contributed by atoms with E-state index in [4.69, 9.17) is 23.8 Å². The fourth-order valence-electron chi connectivity index (χ4n) is 3.17. The van der Waals surface area contributed by atoms with Crippen LogP contribution in [0.5, 0.6) is 0 Å². The van der Waals surface area contributed by atoms with Crippen LogP contribution in [0.15, 0.2) is 48.5 Å². The lowest BCUT2D eigenvalue weighted by molar-refractivity contribution is -0.130. The van der Waals surface area contributed by atoms with Crippen LogP contribution in [-0.2, 0) is 20.9 Å². The highest BCUT2D eigenvalue weighted by atomic mass is 35.5. The summed E-state index contributed by atoms with van der Waals surface area (Å²) in [5.74, 6) is -0.697. The number of amides is 3. The molecule has 0 spiro atoms. The van der Waals surface area contributed by atoms with Crippen LogP contribution in [0.3, 0.4) is 0 Å². The quantitative estimate of drug-likeness (QED) is 0.668. The van der Waals surface area contributed by atoms with Crippen LogP contribution < -0.4 is 10.6 Å². The number of carbonyl (C=O) groups excluding carboxylic acids is 3. The van der Waals surface area contributed by atoms with Gasteiger partial charge in [-0.3, -0.25) is 19.3 Å². The van der Waals surface area contributed by atoms with Crippen molar-refractivity contribution in [2.45, 2.75) is 25.9 Å². The van der Waals surface area contributed by atoms with Gasteiger partial charge in [-0.25, -0.2) is 0 Å². The van der Waals surface area contributed by atoms with Crippen molar-refractivity contribution < 1.29 is 14.4 Å². The zero-order valence-corrected chi connectivity index (χ0v) is 18.1. The number of rotatable bonds is 6. The molecule has 0 bridgehead atoms. The fourth-order valence-corrected chi connectivity index (χ4v) is 3.57. The Morgan fingerprint density at radius 3 is 2.17 bits per heavy atom. The Bertz CT molecular complexity index is 979. The van der Waals surface area contributed by atoms with Crippen molar-refractivity contribution in [2.75, 3.05) is 17.7 Å². The Balaban J connectivity index is 1.68. The SMILES string of the molecule is CC(=O)Nc1ccc(NC(=O)CC2C(=O)N(C)C(=S)N2Cc2ccc(Cl)cc2)cc1. The normalized spacial score (nSPS) is 16.0. The van der Waals surface area contributed by atoms with E-state index in [-0.39, 0.29) is 24.1 Å². The van der Waals surface area contributed by atoms with Crippen molar-refractivity contribution in [2.24, 2.45) is 0 Å². The molecule has 0 saturated carbocycles. The molecule has 1 aliphatic rings. The number of benzene rings is 2. The molecule has 1 fully saturated rings. The Labute approximate surface area is 185 Å². The predicted octanol–water partition coefficient (Wildman–Crippen LogP) is 3.25. The zero-order chi connectivity index (χ0) is 21.8. The Morgan fingerprint density at radius 2 is 1.60 bits per heavy atom. The summed E-state index contributed by atoms with van der Waals surface area (Å²) < 4.78 is 0. The minimum atomic E-state index is -0.683. The Morgan fingerprint density at radius 1 is 1.03 bits per heavy atom. The van der Waals surface area contributed by atoms with Crippen molar-refractivity contribution >= 4 is 58.0 Å². The summed E-state index contributed by atoms with van der Waals surface area (Å²) in [4.78, 5) is 39.5. The molecule has 2 aromatic rings. The van der Waals surface area contributed by atoms with E-state index in [2.05, 4.69) is 10.6 Å². The van der Waals surface area contributed by atoms with E-state index in [1.165, 1.54) is 11.8 Å². The lowest BCUT2D eigenvalue weighted by Crippen LogP contribution is -2.37. The van der Waals surface area contributed by atoms with E-state index in [1.54, 1.807) is 48.3 Å². The van der Waals surface area contributed by atoms with E-state index in [9.17, 15) is 14.4 Å². The second kappa shape index (κ2) is 9.23. The van der Waals surface area contributed by atoms with E-state index in [1.807, 2.05) is 12.1 Å². The van der Waals surface area contributed by atoms with E-state index < -0.39 is 6.04 Å². The molecular formula is C21H21ClN4O3S. The largest absolute Gasteiger partial charge is 0.332 e. The van der Waals surface area contributed by atoms with Gasteiger partial charge in [0.05, 0.1) is 6.42 Å². The average molecular weight is 445 g/mol. The summed E-state index contributed by atoms with van der Waals surface area (Å²) >= 11 is 11.3. The highest BCUT2D eigenvalue weighted by molar-refractivity contribution is 7.80.